The van der Waals surface area contributed by atoms with Crippen LogP contribution in [0.1, 0.15) is 23.3 Å². The largest absolute Gasteiger partial charge is 0.391 e. The number of nitrogens with zero attached hydrogens (tertiary/aromatic N) is 2. The molecule has 0 amide bonds. The Morgan fingerprint density at radius 2 is 2.33 bits per heavy atom. The van der Waals surface area contributed by atoms with Gasteiger partial charge in [0.05, 0.1) is 11.5 Å². The van der Waals surface area contributed by atoms with E-state index in [0.29, 0.717) is 11.2 Å². The fraction of sp³-hybridized carbons (Fsp3) is 0.417. The van der Waals surface area contributed by atoms with Crippen molar-refractivity contribution in [3.63, 3.8) is 0 Å². The standard InChI is InChI=1S/C12H13ClN2OS2/c13-11-10(6-16)18-12(14-11)15(9-1-2-9)5-8-3-4-17-7-8/h3-4,7,9,16H,1-2,5-6H2. The number of thiophene rings is 1. The van der Waals surface area contributed by atoms with E-state index < -0.39 is 0 Å². The van der Waals surface area contributed by atoms with Gasteiger partial charge in [-0.05, 0) is 35.2 Å². The van der Waals surface area contributed by atoms with Gasteiger partial charge in [-0.15, -0.1) is 0 Å². The molecule has 0 radical (unpaired) electrons. The Labute approximate surface area is 119 Å². The molecular weight excluding hydrogens is 288 g/mol. The van der Waals surface area contributed by atoms with Gasteiger partial charge in [-0.1, -0.05) is 22.9 Å². The first-order chi connectivity index (χ1) is 8.78. The maximum absolute atomic E-state index is 9.19. The first kappa shape index (κ1) is 12.4. The van der Waals surface area contributed by atoms with E-state index >= 15 is 0 Å². The molecule has 0 atom stereocenters. The Hall–Kier alpha value is -0.620. The Morgan fingerprint density at radius 1 is 1.50 bits per heavy atom. The fourth-order valence-electron chi connectivity index (χ4n) is 1.86. The molecular formula is C12H13ClN2OS2. The summed E-state index contributed by atoms with van der Waals surface area (Å²) in [6, 6.07) is 2.72. The first-order valence-corrected chi connectivity index (χ1v) is 7.95. The van der Waals surface area contributed by atoms with Crippen LogP contribution >= 0.6 is 34.3 Å². The van der Waals surface area contributed by atoms with Crippen molar-refractivity contribution in [1.29, 1.82) is 0 Å². The lowest BCUT2D eigenvalue weighted by atomic mass is 10.3. The van der Waals surface area contributed by atoms with Gasteiger partial charge in [0.2, 0.25) is 0 Å². The van der Waals surface area contributed by atoms with Gasteiger partial charge in [0.1, 0.15) is 5.15 Å². The number of hydrogen-bond donors (Lipinski definition) is 1. The third kappa shape index (κ3) is 2.54. The number of hydrogen-bond acceptors (Lipinski definition) is 5. The predicted molar refractivity (Wildman–Crippen MR) is 76.6 cm³/mol. The first-order valence-electron chi connectivity index (χ1n) is 5.81. The Kier molecular flexibility index (Phi) is 3.56. The summed E-state index contributed by atoms with van der Waals surface area (Å²) in [6.07, 6.45) is 2.44. The van der Waals surface area contributed by atoms with Crippen LogP contribution in [-0.4, -0.2) is 16.1 Å². The molecule has 0 aromatic carbocycles. The fourth-order valence-corrected chi connectivity index (χ4v) is 3.71. The maximum Gasteiger partial charge on any atom is 0.187 e. The molecule has 1 fully saturated rings. The van der Waals surface area contributed by atoms with Crippen molar-refractivity contribution in [3.05, 3.63) is 32.4 Å². The molecule has 6 heteroatoms. The van der Waals surface area contributed by atoms with Crippen LogP contribution in [0.25, 0.3) is 0 Å². The van der Waals surface area contributed by atoms with Crippen LogP contribution in [0.5, 0.6) is 0 Å². The zero-order valence-corrected chi connectivity index (χ0v) is 12.1. The van der Waals surface area contributed by atoms with E-state index in [0.717, 1.165) is 16.6 Å². The summed E-state index contributed by atoms with van der Waals surface area (Å²) in [5.74, 6) is 0. The smallest absolute Gasteiger partial charge is 0.187 e. The molecule has 2 aromatic rings. The van der Waals surface area contributed by atoms with Crippen molar-refractivity contribution in [2.75, 3.05) is 4.90 Å². The molecule has 0 bridgehead atoms. The van der Waals surface area contributed by atoms with Crippen LogP contribution in [-0.2, 0) is 13.2 Å². The van der Waals surface area contributed by atoms with Crippen molar-refractivity contribution >= 4 is 39.4 Å². The third-order valence-electron chi connectivity index (χ3n) is 2.95. The third-order valence-corrected chi connectivity index (χ3v) is 5.18. The highest BCUT2D eigenvalue weighted by Crippen LogP contribution is 2.37. The molecule has 1 aliphatic carbocycles. The summed E-state index contributed by atoms with van der Waals surface area (Å²) in [6.45, 7) is 0.844. The summed E-state index contributed by atoms with van der Waals surface area (Å²) in [4.78, 5) is 7.43. The average molecular weight is 301 g/mol. The van der Waals surface area contributed by atoms with Crippen LogP contribution in [0, 0.1) is 0 Å². The molecule has 3 rings (SSSR count). The number of aliphatic hydroxyl groups is 1. The molecule has 2 aromatic heterocycles. The highest BCUT2D eigenvalue weighted by Gasteiger charge is 2.31. The molecule has 1 N–H and O–H groups in total. The van der Waals surface area contributed by atoms with Crippen molar-refractivity contribution in [1.82, 2.24) is 4.98 Å². The monoisotopic (exact) mass is 300 g/mol. The summed E-state index contributed by atoms with van der Waals surface area (Å²) < 4.78 is 0. The molecule has 1 saturated carbocycles. The van der Waals surface area contributed by atoms with Gasteiger partial charge in [0, 0.05) is 12.6 Å². The number of halogens is 1. The lowest BCUT2D eigenvalue weighted by molar-refractivity contribution is 0.285. The lowest BCUT2D eigenvalue weighted by Crippen LogP contribution is -2.24. The number of aliphatic hydroxyl groups excluding tert-OH is 1. The molecule has 96 valence electrons. The van der Waals surface area contributed by atoms with Crippen molar-refractivity contribution < 1.29 is 5.11 Å². The van der Waals surface area contributed by atoms with Crippen LogP contribution in [0.15, 0.2) is 16.8 Å². The SMILES string of the molecule is OCc1sc(N(Cc2ccsc2)C2CC2)nc1Cl. The van der Waals surface area contributed by atoms with E-state index in [1.54, 1.807) is 11.3 Å². The molecule has 0 aliphatic heterocycles. The van der Waals surface area contributed by atoms with Gasteiger partial charge in [-0.3, -0.25) is 0 Å². The van der Waals surface area contributed by atoms with E-state index in [2.05, 4.69) is 26.7 Å². The van der Waals surface area contributed by atoms with Gasteiger partial charge in [0.25, 0.3) is 0 Å². The van der Waals surface area contributed by atoms with E-state index in [1.165, 1.54) is 29.7 Å². The summed E-state index contributed by atoms with van der Waals surface area (Å²) in [5.41, 5.74) is 1.31. The van der Waals surface area contributed by atoms with Gasteiger partial charge >= 0.3 is 0 Å². The summed E-state index contributed by atoms with van der Waals surface area (Å²) in [7, 11) is 0. The highest BCUT2D eigenvalue weighted by atomic mass is 35.5. The number of rotatable bonds is 5. The van der Waals surface area contributed by atoms with Crippen LogP contribution < -0.4 is 4.90 Å². The van der Waals surface area contributed by atoms with Crippen LogP contribution in [0.3, 0.4) is 0 Å². The van der Waals surface area contributed by atoms with Crippen molar-refractivity contribution in [2.24, 2.45) is 0 Å². The normalized spacial score (nSPS) is 15.0. The molecule has 1 aliphatic rings. The van der Waals surface area contributed by atoms with Crippen molar-refractivity contribution in [2.45, 2.75) is 32.0 Å². The number of thiazole rings is 1. The quantitative estimate of drug-likeness (QED) is 0.918. The minimum absolute atomic E-state index is 0.0343. The molecule has 2 heterocycles. The zero-order chi connectivity index (χ0) is 12.5. The average Bonchev–Trinajstić information content (AvgIpc) is 2.94. The van der Waals surface area contributed by atoms with E-state index in [4.69, 9.17) is 11.6 Å². The van der Waals surface area contributed by atoms with E-state index in [-0.39, 0.29) is 6.61 Å². The van der Waals surface area contributed by atoms with Gasteiger partial charge in [-0.25, -0.2) is 4.98 Å². The Bertz CT molecular complexity index is 522. The maximum atomic E-state index is 9.19. The number of anilines is 1. The second-order valence-electron chi connectivity index (χ2n) is 4.36. The minimum atomic E-state index is -0.0343. The Balaban J connectivity index is 1.84. The van der Waals surface area contributed by atoms with Gasteiger partial charge in [-0.2, -0.15) is 11.3 Å². The van der Waals surface area contributed by atoms with Crippen molar-refractivity contribution in [3.8, 4) is 0 Å². The molecule has 0 spiro atoms. The number of aromatic nitrogens is 1. The highest BCUT2D eigenvalue weighted by molar-refractivity contribution is 7.16. The molecule has 0 unspecified atom stereocenters. The lowest BCUT2D eigenvalue weighted by Gasteiger charge is -2.20. The van der Waals surface area contributed by atoms with Crippen LogP contribution in [0.4, 0.5) is 5.13 Å². The second-order valence-corrected chi connectivity index (χ2v) is 6.56. The Morgan fingerprint density at radius 3 is 2.89 bits per heavy atom. The molecule has 3 nitrogen and oxygen atoms in total. The molecule has 0 saturated heterocycles. The summed E-state index contributed by atoms with van der Waals surface area (Å²) >= 11 is 9.22. The second kappa shape index (κ2) is 5.17. The van der Waals surface area contributed by atoms with Gasteiger partial charge in [0.15, 0.2) is 5.13 Å². The molecule has 18 heavy (non-hydrogen) atoms. The topological polar surface area (TPSA) is 36.4 Å². The van der Waals surface area contributed by atoms with Gasteiger partial charge < -0.3 is 10.0 Å². The predicted octanol–water partition coefficient (Wildman–Crippen LogP) is 3.52. The zero-order valence-electron chi connectivity index (χ0n) is 9.67. The minimum Gasteiger partial charge on any atom is -0.391 e. The van der Waals surface area contributed by atoms with E-state index in [9.17, 15) is 5.11 Å². The van der Waals surface area contributed by atoms with E-state index in [1.807, 2.05) is 0 Å². The van der Waals surface area contributed by atoms with Crippen LogP contribution in [0.2, 0.25) is 5.15 Å². The summed E-state index contributed by atoms with van der Waals surface area (Å²) in [5, 5.41) is 14.8.